The number of carbonyl (C=O) groups excluding carboxylic acids is 3. The molecule has 28 heavy (non-hydrogen) atoms. The molecule has 1 aromatic heterocycles. The molecule has 0 aliphatic heterocycles. The second-order valence-electron chi connectivity index (χ2n) is 6.43. The Kier molecular flexibility index (Phi) is 6.98. The van der Waals surface area contributed by atoms with Gasteiger partial charge in [0, 0.05) is 11.4 Å². The van der Waals surface area contributed by atoms with Crippen molar-refractivity contribution in [3.8, 4) is 0 Å². The molecule has 1 aromatic carbocycles. The van der Waals surface area contributed by atoms with E-state index < -0.39 is 23.9 Å². The van der Waals surface area contributed by atoms with Crippen molar-refractivity contribution in [1.29, 1.82) is 0 Å². The number of nitrogens with one attached hydrogen (secondary N) is 2. The van der Waals surface area contributed by atoms with Gasteiger partial charge in [-0.25, -0.2) is 9.59 Å². The van der Waals surface area contributed by atoms with E-state index in [1.165, 1.54) is 6.92 Å². The van der Waals surface area contributed by atoms with Gasteiger partial charge in [-0.2, -0.15) is 0 Å². The van der Waals surface area contributed by atoms with Crippen molar-refractivity contribution in [2.45, 2.75) is 47.1 Å². The van der Waals surface area contributed by atoms with Gasteiger partial charge in [0.1, 0.15) is 5.69 Å². The van der Waals surface area contributed by atoms with Crippen LogP contribution in [0.3, 0.4) is 0 Å². The van der Waals surface area contributed by atoms with Crippen LogP contribution in [0.1, 0.15) is 58.4 Å². The molecule has 0 aliphatic carbocycles. The smallest absolute Gasteiger partial charge is 0.355 e. The van der Waals surface area contributed by atoms with Crippen molar-refractivity contribution >= 4 is 23.5 Å². The molecule has 7 nitrogen and oxygen atoms in total. The summed E-state index contributed by atoms with van der Waals surface area (Å²) >= 11 is 0. The number of anilines is 1. The molecule has 0 spiro atoms. The molecule has 1 amide bonds. The molecule has 1 heterocycles. The van der Waals surface area contributed by atoms with Gasteiger partial charge in [0.05, 0.1) is 12.2 Å². The zero-order valence-electron chi connectivity index (χ0n) is 16.8. The molecular weight excluding hydrogens is 360 g/mol. The summed E-state index contributed by atoms with van der Waals surface area (Å²) < 4.78 is 10.3. The second-order valence-corrected chi connectivity index (χ2v) is 6.43. The molecule has 150 valence electrons. The number of aromatic amines is 1. The van der Waals surface area contributed by atoms with Crippen LogP contribution in [0.5, 0.6) is 0 Å². The monoisotopic (exact) mass is 386 g/mol. The van der Waals surface area contributed by atoms with Crippen molar-refractivity contribution in [1.82, 2.24) is 4.98 Å². The largest absolute Gasteiger partial charge is 0.461 e. The molecule has 2 rings (SSSR count). The summed E-state index contributed by atoms with van der Waals surface area (Å²) in [6.45, 7) is 8.77. The summed E-state index contributed by atoms with van der Waals surface area (Å²) in [5.74, 6) is -1.65. The number of ether oxygens (including phenoxy) is 2. The Bertz CT molecular complexity index is 868. The number of hydrogen-bond acceptors (Lipinski definition) is 5. The number of aryl methyl sites for hydroxylation is 2. The third-order valence-electron chi connectivity index (χ3n) is 4.40. The average Bonchev–Trinajstić information content (AvgIpc) is 2.96. The Morgan fingerprint density at radius 2 is 1.71 bits per heavy atom. The number of amides is 1. The minimum absolute atomic E-state index is 0.208. The van der Waals surface area contributed by atoms with Gasteiger partial charge < -0.3 is 19.8 Å². The van der Waals surface area contributed by atoms with Crippen molar-refractivity contribution in [3.63, 3.8) is 0 Å². The third-order valence-corrected chi connectivity index (χ3v) is 4.40. The Labute approximate surface area is 164 Å². The average molecular weight is 386 g/mol. The number of esters is 2. The quantitative estimate of drug-likeness (QED) is 0.709. The van der Waals surface area contributed by atoms with E-state index in [0.29, 0.717) is 16.9 Å². The Hall–Kier alpha value is -3.09. The highest BCUT2D eigenvalue weighted by atomic mass is 16.5. The number of aromatic nitrogens is 1. The highest BCUT2D eigenvalue weighted by Crippen LogP contribution is 2.21. The SMILES string of the molecule is CCOC(=O)c1[nH]c(C)c(C(=O)OC(C)C(=O)Nc2ccc(CC)cc2)c1C. The molecule has 0 aliphatic rings. The van der Waals surface area contributed by atoms with Crippen LogP contribution in [-0.4, -0.2) is 35.5 Å². The summed E-state index contributed by atoms with van der Waals surface area (Å²) in [7, 11) is 0. The Balaban J connectivity index is 2.07. The van der Waals surface area contributed by atoms with Gasteiger partial charge in [0.2, 0.25) is 0 Å². The molecule has 2 N–H and O–H groups in total. The Morgan fingerprint density at radius 3 is 2.29 bits per heavy atom. The second kappa shape index (κ2) is 9.21. The first-order valence-electron chi connectivity index (χ1n) is 9.25. The first-order valence-corrected chi connectivity index (χ1v) is 9.25. The Morgan fingerprint density at radius 1 is 1.07 bits per heavy atom. The van der Waals surface area contributed by atoms with Crippen LogP contribution in [0.4, 0.5) is 5.69 Å². The van der Waals surface area contributed by atoms with Crippen LogP contribution in [0.15, 0.2) is 24.3 Å². The van der Waals surface area contributed by atoms with E-state index in [9.17, 15) is 14.4 Å². The fourth-order valence-corrected chi connectivity index (χ4v) is 2.80. The van der Waals surface area contributed by atoms with E-state index >= 15 is 0 Å². The topological polar surface area (TPSA) is 97.5 Å². The van der Waals surface area contributed by atoms with Gasteiger partial charge in [0.25, 0.3) is 5.91 Å². The van der Waals surface area contributed by atoms with Gasteiger partial charge >= 0.3 is 11.9 Å². The van der Waals surface area contributed by atoms with E-state index in [4.69, 9.17) is 9.47 Å². The van der Waals surface area contributed by atoms with Crippen molar-refractivity contribution in [3.05, 3.63) is 52.3 Å². The lowest BCUT2D eigenvalue weighted by atomic mass is 10.1. The lowest BCUT2D eigenvalue weighted by Gasteiger charge is -2.14. The minimum Gasteiger partial charge on any atom is -0.461 e. The molecule has 0 saturated heterocycles. The number of benzene rings is 1. The zero-order valence-corrected chi connectivity index (χ0v) is 16.8. The van der Waals surface area contributed by atoms with Gasteiger partial charge in [-0.3, -0.25) is 4.79 Å². The fraction of sp³-hybridized carbons (Fsp3) is 0.381. The molecular formula is C21H26N2O5. The molecule has 7 heteroatoms. The maximum atomic E-state index is 12.6. The number of rotatable bonds is 7. The van der Waals surface area contributed by atoms with E-state index in [1.807, 2.05) is 19.1 Å². The molecule has 1 atom stereocenters. The van der Waals surface area contributed by atoms with Crippen molar-refractivity contribution < 1.29 is 23.9 Å². The summed E-state index contributed by atoms with van der Waals surface area (Å²) in [6, 6.07) is 7.46. The van der Waals surface area contributed by atoms with E-state index in [-0.39, 0.29) is 17.9 Å². The van der Waals surface area contributed by atoms with Gasteiger partial charge in [-0.05, 0) is 57.4 Å². The number of H-pyrrole nitrogens is 1. The van der Waals surface area contributed by atoms with Crippen LogP contribution >= 0.6 is 0 Å². The van der Waals surface area contributed by atoms with Crippen LogP contribution in [0, 0.1) is 13.8 Å². The van der Waals surface area contributed by atoms with Gasteiger partial charge in [-0.15, -0.1) is 0 Å². The summed E-state index contributed by atoms with van der Waals surface area (Å²) in [5, 5.41) is 2.72. The molecule has 2 aromatic rings. The first-order chi connectivity index (χ1) is 13.3. The number of hydrogen-bond donors (Lipinski definition) is 2. The molecule has 0 fully saturated rings. The number of carbonyl (C=O) groups is 3. The van der Waals surface area contributed by atoms with Gasteiger partial charge in [-0.1, -0.05) is 19.1 Å². The van der Waals surface area contributed by atoms with Gasteiger partial charge in [0.15, 0.2) is 6.10 Å². The molecule has 0 bridgehead atoms. The standard InChI is InChI=1S/C21H26N2O5/c1-6-15-8-10-16(11-9-15)23-19(24)14(5)28-20(25)17-12(3)18(22-13(17)4)21(26)27-7-2/h8-11,14,22H,6-7H2,1-5H3,(H,23,24). The van der Waals surface area contributed by atoms with Crippen LogP contribution in [-0.2, 0) is 20.7 Å². The molecule has 0 radical (unpaired) electrons. The predicted octanol–water partition coefficient (Wildman–Crippen LogP) is 3.55. The maximum absolute atomic E-state index is 12.6. The predicted molar refractivity (Wildman–Crippen MR) is 106 cm³/mol. The van der Waals surface area contributed by atoms with E-state index in [2.05, 4.69) is 10.3 Å². The van der Waals surface area contributed by atoms with Crippen LogP contribution in [0.25, 0.3) is 0 Å². The normalized spacial score (nSPS) is 11.6. The summed E-state index contributed by atoms with van der Waals surface area (Å²) in [5.41, 5.74) is 3.14. The lowest BCUT2D eigenvalue weighted by molar-refractivity contribution is -0.123. The maximum Gasteiger partial charge on any atom is 0.355 e. The third kappa shape index (κ3) is 4.79. The zero-order chi connectivity index (χ0) is 20.8. The summed E-state index contributed by atoms with van der Waals surface area (Å²) in [4.78, 5) is 39.7. The van der Waals surface area contributed by atoms with Crippen LogP contribution in [0.2, 0.25) is 0 Å². The fourth-order valence-electron chi connectivity index (χ4n) is 2.80. The van der Waals surface area contributed by atoms with Crippen molar-refractivity contribution in [2.75, 3.05) is 11.9 Å². The molecule has 1 unspecified atom stereocenters. The highest BCUT2D eigenvalue weighted by Gasteiger charge is 2.26. The highest BCUT2D eigenvalue weighted by molar-refractivity contribution is 6.01. The van der Waals surface area contributed by atoms with Crippen molar-refractivity contribution in [2.24, 2.45) is 0 Å². The summed E-state index contributed by atoms with van der Waals surface area (Å²) in [6.07, 6.45) is -0.0936. The lowest BCUT2D eigenvalue weighted by Crippen LogP contribution is -2.30. The first kappa shape index (κ1) is 21.2. The van der Waals surface area contributed by atoms with E-state index in [1.54, 1.807) is 32.9 Å². The minimum atomic E-state index is -1.00. The molecule has 0 saturated carbocycles. The van der Waals surface area contributed by atoms with E-state index in [0.717, 1.165) is 12.0 Å². The van der Waals surface area contributed by atoms with Crippen LogP contribution < -0.4 is 5.32 Å².